The molecule has 2 rings (SSSR count). The van der Waals surface area contributed by atoms with Crippen LogP contribution in [-0.4, -0.2) is 35.6 Å². The third kappa shape index (κ3) is 2.55. The van der Waals surface area contributed by atoms with E-state index in [1.54, 1.807) is 18.5 Å². The van der Waals surface area contributed by atoms with E-state index in [-0.39, 0.29) is 12.4 Å². The summed E-state index contributed by atoms with van der Waals surface area (Å²) in [6.07, 6.45) is 5.36. The molecule has 1 aliphatic rings. The fourth-order valence-corrected chi connectivity index (χ4v) is 2.22. The van der Waals surface area contributed by atoms with Crippen molar-refractivity contribution in [3.8, 4) is 0 Å². The molecule has 4 N–H and O–H groups in total. The number of piperidine rings is 1. The van der Waals surface area contributed by atoms with E-state index in [1.165, 1.54) is 0 Å². The fourth-order valence-electron chi connectivity index (χ4n) is 2.22. The second-order valence-electron chi connectivity index (χ2n) is 4.42. The van der Waals surface area contributed by atoms with Gasteiger partial charge in [0.1, 0.15) is 5.84 Å². The molecule has 5 heteroatoms. The quantitative estimate of drug-likeness (QED) is 0.527. The smallest absolute Gasteiger partial charge is 0.125 e. The molecular weight excluding hydrogens is 216 g/mol. The predicted octanol–water partition coefficient (Wildman–Crippen LogP) is 0.574. The summed E-state index contributed by atoms with van der Waals surface area (Å²) in [6, 6.07) is 1.77. The maximum Gasteiger partial charge on any atom is 0.125 e. The largest absolute Gasteiger partial charge is 0.396 e. The summed E-state index contributed by atoms with van der Waals surface area (Å²) in [6.45, 7) is 2.04. The number of anilines is 1. The standard InChI is InChI=1S/C12H18N4O/c13-12(14)10-1-4-15-7-11(10)16-5-2-9(8-17)3-6-16/h1,4,7,9,17H,2-3,5-6,8H2,(H3,13,14). The van der Waals surface area contributed by atoms with E-state index in [0.29, 0.717) is 5.92 Å². The van der Waals surface area contributed by atoms with Crippen LogP contribution < -0.4 is 10.6 Å². The number of nitrogens with two attached hydrogens (primary N) is 1. The topological polar surface area (TPSA) is 86.2 Å². The molecule has 0 spiro atoms. The molecule has 0 aromatic carbocycles. The first kappa shape index (κ1) is 11.9. The summed E-state index contributed by atoms with van der Waals surface area (Å²) in [4.78, 5) is 6.29. The number of pyridine rings is 1. The zero-order valence-electron chi connectivity index (χ0n) is 9.76. The number of amidine groups is 1. The molecule has 0 radical (unpaired) electrons. The van der Waals surface area contributed by atoms with Crippen molar-refractivity contribution in [2.75, 3.05) is 24.6 Å². The van der Waals surface area contributed by atoms with E-state index in [2.05, 4.69) is 9.88 Å². The molecule has 1 aliphatic heterocycles. The summed E-state index contributed by atoms with van der Waals surface area (Å²) in [5.74, 6) is 0.482. The highest BCUT2D eigenvalue weighted by Gasteiger charge is 2.21. The van der Waals surface area contributed by atoms with E-state index in [9.17, 15) is 0 Å². The van der Waals surface area contributed by atoms with Crippen molar-refractivity contribution in [1.82, 2.24) is 4.98 Å². The molecule has 0 amide bonds. The van der Waals surface area contributed by atoms with Crippen LogP contribution in [0.15, 0.2) is 18.5 Å². The van der Waals surface area contributed by atoms with Gasteiger partial charge in [-0.15, -0.1) is 0 Å². The number of nitrogen functional groups attached to an aromatic ring is 1. The lowest BCUT2D eigenvalue weighted by atomic mass is 9.97. The van der Waals surface area contributed by atoms with Crippen LogP contribution in [0, 0.1) is 11.3 Å². The van der Waals surface area contributed by atoms with Crippen LogP contribution >= 0.6 is 0 Å². The van der Waals surface area contributed by atoms with E-state index in [0.717, 1.165) is 37.2 Å². The molecule has 92 valence electrons. The minimum absolute atomic E-state index is 0.0756. The Hall–Kier alpha value is -1.62. The van der Waals surface area contributed by atoms with Crippen LogP contribution in [0.4, 0.5) is 5.69 Å². The Morgan fingerprint density at radius 1 is 1.53 bits per heavy atom. The average molecular weight is 234 g/mol. The minimum atomic E-state index is 0.0756. The maximum atomic E-state index is 9.11. The summed E-state index contributed by atoms with van der Waals surface area (Å²) in [5, 5.41) is 16.7. The van der Waals surface area contributed by atoms with Gasteiger partial charge in [0.25, 0.3) is 0 Å². The van der Waals surface area contributed by atoms with Gasteiger partial charge < -0.3 is 15.7 Å². The number of rotatable bonds is 3. The zero-order valence-corrected chi connectivity index (χ0v) is 9.76. The van der Waals surface area contributed by atoms with Gasteiger partial charge in [-0.3, -0.25) is 10.4 Å². The highest BCUT2D eigenvalue weighted by molar-refractivity contribution is 6.00. The van der Waals surface area contributed by atoms with Crippen LogP contribution in [0.5, 0.6) is 0 Å². The third-order valence-electron chi connectivity index (χ3n) is 3.30. The number of hydrogen-bond acceptors (Lipinski definition) is 4. The van der Waals surface area contributed by atoms with Crippen molar-refractivity contribution < 1.29 is 5.11 Å². The number of nitrogens with zero attached hydrogens (tertiary/aromatic N) is 2. The first-order valence-electron chi connectivity index (χ1n) is 5.86. The van der Waals surface area contributed by atoms with Gasteiger partial charge in [0.2, 0.25) is 0 Å². The molecule has 0 bridgehead atoms. The highest BCUT2D eigenvalue weighted by atomic mass is 16.3. The van der Waals surface area contributed by atoms with Gasteiger partial charge in [-0.05, 0) is 24.8 Å². The monoisotopic (exact) mass is 234 g/mol. The number of hydrogen-bond donors (Lipinski definition) is 3. The summed E-state index contributed by atoms with van der Waals surface area (Å²) in [7, 11) is 0. The van der Waals surface area contributed by atoms with Gasteiger partial charge in [-0.2, -0.15) is 0 Å². The summed E-state index contributed by atoms with van der Waals surface area (Å²) in [5.41, 5.74) is 7.23. The molecule has 5 nitrogen and oxygen atoms in total. The van der Waals surface area contributed by atoms with Gasteiger partial charge in [0.05, 0.1) is 11.9 Å². The number of nitrogens with one attached hydrogen (secondary N) is 1. The Morgan fingerprint density at radius 2 is 2.24 bits per heavy atom. The van der Waals surface area contributed by atoms with Crippen molar-refractivity contribution in [3.05, 3.63) is 24.0 Å². The minimum Gasteiger partial charge on any atom is -0.396 e. The molecular formula is C12H18N4O. The Kier molecular flexibility index (Phi) is 3.58. The van der Waals surface area contributed by atoms with E-state index in [1.807, 2.05) is 0 Å². The first-order chi connectivity index (χ1) is 8.22. The molecule has 2 heterocycles. The first-order valence-corrected chi connectivity index (χ1v) is 5.86. The SMILES string of the molecule is N=C(N)c1ccncc1N1CCC(CO)CC1. The van der Waals surface area contributed by atoms with Crippen LogP contribution in [0.1, 0.15) is 18.4 Å². The van der Waals surface area contributed by atoms with Crippen LogP contribution in [0.3, 0.4) is 0 Å². The zero-order chi connectivity index (χ0) is 12.3. The molecule has 1 aromatic rings. The molecule has 0 saturated carbocycles. The molecule has 1 aromatic heterocycles. The number of aromatic nitrogens is 1. The average Bonchev–Trinajstić information content (AvgIpc) is 2.39. The molecule has 0 atom stereocenters. The number of aliphatic hydroxyl groups is 1. The molecule has 1 fully saturated rings. The maximum absolute atomic E-state index is 9.11. The lowest BCUT2D eigenvalue weighted by Crippen LogP contribution is -2.36. The molecule has 0 aliphatic carbocycles. The van der Waals surface area contributed by atoms with E-state index < -0.39 is 0 Å². The summed E-state index contributed by atoms with van der Waals surface area (Å²) < 4.78 is 0. The Bertz CT molecular complexity index is 399. The molecule has 1 saturated heterocycles. The van der Waals surface area contributed by atoms with Gasteiger partial charge in [0.15, 0.2) is 0 Å². The van der Waals surface area contributed by atoms with Crippen LogP contribution in [0.2, 0.25) is 0 Å². The van der Waals surface area contributed by atoms with Crippen LogP contribution in [-0.2, 0) is 0 Å². The summed E-state index contributed by atoms with van der Waals surface area (Å²) >= 11 is 0. The fraction of sp³-hybridized carbons (Fsp3) is 0.500. The van der Waals surface area contributed by atoms with Gasteiger partial charge in [-0.25, -0.2) is 0 Å². The lowest BCUT2D eigenvalue weighted by Gasteiger charge is -2.33. The normalized spacial score (nSPS) is 17.1. The third-order valence-corrected chi connectivity index (χ3v) is 3.30. The highest BCUT2D eigenvalue weighted by Crippen LogP contribution is 2.25. The Balaban J connectivity index is 2.15. The Labute approximate surface area is 101 Å². The van der Waals surface area contributed by atoms with Gasteiger partial charge in [0, 0.05) is 31.5 Å². The predicted molar refractivity (Wildman–Crippen MR) is 67.3 cm³/mol. The number of aliphatic hydroxyl groups excluding tert-OH is 1. The van der Waals surface area contributed by atoms with Crippen molar-refractivity contribution in [2.45, 2.75) is 12.8 Å². The molecule has 0 unspecified atom stereocenters. The second-order valence-corrected chi connectivity index (χ2v) is 4.42. The van der Waals surface area contributed by atoms with Crippen molar-refractivity contribution >= 4 is 11.5 Å². The Morgan fingerprint density at radius 3 is 2.82 bits per heavy atom. The van der Waals surface area contributed by atoms with Gasteiger partial charge >= 0.3 is 0 Å². The van der Waals surface area contributed by atoms with E-state index in [4.69, 9.17) is 16.2 Å². The van der Waals surface area contributed by atoms with Crippen LogP contribution in [0.25, 0.3) is 0 Å². The van der Waals surface area contributed by atoms with E-state index >= 15 is 0 Å². The van der Waals surface area contributed by atoms with Crippen molar-refractivity contribution in [3.63, 3.8) is 0 Å². The van der Waals surface area contributed by atoms with Crippen molar-refractivity contribution in [1.29, 1.82) is 5.41 Å². The van der Waals surface area contributed by atoms with Gasteiger partial charge in [-0.1, -0.05) is 0 Å². The van der Waals surface area contributed by atoms with Crippen molar-refractivity contribution in [2.24, 2.45) is 11.7 Å². The second kappa shape index (κ2) is 5.14. The molecule has 17 heavy (non-hydrogen) atoms. The lowest BCUT2D eigenvalue weighted by molar-refractivity contribution is 0.203.